The minimum Gasteiger partial charge on any atom is -0.348 e. The maximum Gasteiger partial charge on any atom is 0.184 e. The number of rotatable bonds is 4. The first-order chi connectivity index (χ1) is 17.7. The largest absolute Gasteiger partial charge is 0.348 e. The van der Waals surface area contributed by atoms with Gasteiger partial charge in [-0.3, -0.25) is 0 Å². The van der Waals surface area contributed by atoms with Crippen molar-refractivity contribution in [3.8, 4) is 29.0 Å². The van der Waals surface area contributed by atoms with Crippen molar-refractivity contribution in [3.63, 3.8) is 0 Å². The molecular formula is C28H19F6NO2. The first-order valence-corrected chi connectivity index (χ1v) is 11.3. The molecule has 1 aliphatic rings. The Morgan fingerprint density at radius 3 is 1.81 bits per heavy atom. The van der Waals surface area contributed by atoms with Crippen LogP contribution in [0.3, 0.4) is 0 Å². The van der Waals surface area contributed by atoms with E-state index in [0.717, 1.165) is 37.1 Å². The van der Waals surface area contributed by atoms with Crippen LogP contribution >= 0.6 is 0 Å². The van der Waals surface area contributed by atoms with E-state index in [4.69, 9.17) is 14.7 Å². The van der Waals surface area contributed by atoms with Crippen molar-refractivity contribution < 1.29 is 35.8 Å². The lowest BCUT2D eigenvalue weighted by Gasteiger charge is -2.29. The van der Waals surface area contributed by atoms with Gasteiger partial charge in [0.15, 0.2) is 6.29 Å². The van der Waals surface area contributed by atoms with Crippen molar-refractivity contribution in [1.29, 1.82) is 5.26 Å². The average molecular weight is 515 g/mol. The highest BCUT2D eigenvalue weighted by molar-refractivity contribution is 5.67. The van der Waals surface area contributed by atoms with Gasteiger partial charge in [-0.25, -0.2) is 26.3 Å². The Morgan fingerprint density at radius 1 is 0.757 bits per heavy atom. The van der Waals surface area contributed by atoms with Gasteiger partial charge in [-0.05, 0) is 48.4 Å². The fourth-order valence-corrected chi connectivity index (χ4v) is 4.04. The summed E-state index contributed by atoms with van der Waals surface area (Å²) >= 11 is 0. The summed E-state index contributed by atoms with van der Waals surface area (Å²) in [5.74, 6) is -2.26. The molecule has 9 heteroatoms. The summed E-state index contributed by atoms with van der Waals surface area (Å²) in [4.78, 5) is 0. The monoisotopic (exact) mass is 515 g/mol. The Kier molecular flexibility index (Phi) is 7.87. The van der Waals surface area contributed by atoms with Gasteiger partial charge in [0.25, 0.3) is 0 Å². The number of halogens is 6. The van der Waals surface area contributed by atoms with Crippen molar-refractivity contribution in [1.82, 2.24) is 0 Å². The molecule has 0 spiro atoms. The summed E-state index contributed by atoms with van der Waals surface area (Å²) in [5, 5.41) is 8.75. The second kappa shape index (κ2) is 11.1. The zero-order valence-corrected chi connectivity index (χ0v) is 19.5. The molecule has 1 fully saturated rings. The van der Waals surface area contributed by atoms with Crippen molar-refractivity contribution >= 4 is 0 Å². The number of ether oxygens (including phenoxy) is 2. The maximum atomic E-state index is 14.7. The highest BCUT2D eigenvalue weighted by Crippen LogP contribution is 2.31. The molecule has 0 radical (unpaired) electrons. The predicted octanol–water partition coefficient (Wildman–Crippen LogP) is 6.92. The zero-order chi connectivity index (χ0) is 26.7. The SMILES string of the molecule is CCCC1COC(c2cc(F)c(C#Cc3cc(F)c(-c4cc(F)c(C#N)c(F)c4)c(F)c3)c(F)c2)OC1. The van der Waals surface area contributed by atoms with Gasteiger partial charge in [0.05, 0.1) is 24.3 Å². The third kappa shape index (κ3) is 5.64. The Balaban J connectivity index is 1.59. The minimum atomic E-state index is -1.28. The molecule has 37 heavy (non-hydrogen) atoms. The van der Waals surface area contributed by atoms with E-state index in [0.29, 0.717) is 25.3 Å². The zero-order valence-electron chi connectivity index (χ0n) is 19.5. The molecule has 190 valence electrons. The van der Waals surface area contributed by atoms with Gasteiger partial charge in [0, 0.05) is 17.0 Å². The Labute approximate surface area is 209 Å². The normalized spacial score (nSPS) is 17.1. The van der Waals surface area contributed by atoms with Crippen LogP contribution in [0, 0.1) is 64.0 Å². The van der Waals surface area contributed by atoms with Gasteiger partial charge in [0.2, 0.25) is 0 Å². The molecule has 1 aliphatic heterocycles. The molecule has 0 amide bonds. The number of nitrogens with zero attached hydrogens (tertiary/aromatic N) is 1. The summed E-state index contributed by atoms with van der Waals surface area (Å²) < 4.78 is 97.6. The molecule has 0 aromatic heterocycles. The molecule has 0 atom stereocenters. The highest BCUT2D eigenvalue weighted by atomic mass is 19.2. The topological polar surface area (TPSA) is 42.2 Å². The predicted molar refractivity (Wildman–Crippen MR) is 122 cm³/mol. The van der Waals surface area contributed by atoms with Crippen LogP contribution in [0.4, 0.5) is 26.3 Å². The molecule has 0 saturated carbocycles. The molecule has 0 bridgehead atoms. The molecule has 1 heterocycles. The van der Waals surface area contributed by atoms with Gasteiger partial charge in [-0.2, -0.15) is 5.26 Å². The quantitative estimate of drug-likeness (QED) is 0.280. The number of benzene rings is 3. The summed E-state index contributed by atoms with van der Waals surface area (Å²) in [7, 11) is 0. The smallest absolute Gasteiger partial charge is 0.184 e. The number of hydrogen-bond donors (Lipinski definition) is 0. The van der Waals surface area contributed by atoms with E-state index in [-0.39, 0.29) is 17.0 Å². The Bertz CT molecular complexity index is 1380. The van der Waals surface area contributed by atoms with Crippen LogP contribution in [0.25, 0.3) is 11.1 Å². The maximum absolute atomic E-state index is 14.7. The fourth-order valence-electron chi connectivity index (χ4n) is 4.04. The molecule has 4 rings (SSSR count). The lowest BCUT2D eigenvalue weighted by Crippen LogP contribution is -2.27. The van der Waals surface area contributed by atoms with E-state index in [1.165, 1.54) is 6.07 Å². The van der Waals surface area contributed by atoms with Crippen LogP contribution in [0.1, 0.15) is 48.3 Å². The molecule has 1 saturated heterocycles. The highest BCUT2D eigenvalue weighted by Gasteiger charge is 2.25. The van der Waals surface area contributed by atoms with Crippen LogP contribution in [0.2, 0.25) is 0 Å². The van der Waals surface area contributed by atoms with Crippen molar-refractivity contribution in [3.05, 3.63) is 93.6 Å². The van der Waals surface area contributed by atoms with E-state index in [1.54, 1.807) is 0 Å². The molecule has 0 aliphatic carbocycles. The van der Waals surface area contributed by atoms with Crippen molar-refractivity contribution in [2.24, 2.45) is 5.92 Å². The van der Waals surface area contributed by atoms with Crippen molar-refractivity contribution in [2.45, 2.75) is 26.1 Å². The third-order valence-electron chi connectivity index (χ3n) is 5.82. The lowest BCUT2D eigenvalue weighted by atomic mass is 10.00. The first-order valence-electron chi connectivity index (χ1n) is 11.3. The second-order valence-corrected chi connectivity index (χ2v) is 8.50. The van der Waals surface area contributed by atoms with E-state index in [1.807, 2.05) is 6.92 Å². The Morgan fingerprint density at radius 2 is 1.30 bits per heavy atom. The van der Waals surface area contributed by atoms with E-state index in [2.05, 4.69) is 11.8 Å². The van der Waals surface area contributed by atoms with Gasteiger partial charge in [0.1, 0.15) is 46.5 Å². The van der Waals surface area contributed by atoms with Gasteiger partial charge in [-0.1, -0.05) is 25.2 Å². The minimum absolute atomic E-state index is 0.138. The van der Waals surface area contributed by atoms with E-state index in [9.17, 15) is 26.3 Å². The summed E-state index contributed by atoms with van der Waals surface area (Å²) in [6.45, 7) is 2.84. The van der Waals surface area contributed by atoms with Crippen molar-refractivity contribution in [2.75, 3.05) is 13.2 Å². The summed E-state index contributed by atoms with van der Waals surface area (Å²) in [6.07, 6.45) is 0.946. The number of nitriles is 1. The standard InChI is InChI=1S/C28H19F6NO2/c1-2-3-16-13-36-28(37-14-16)18-10-21(29)19(22(30)11-18)5-4-15-6-25(33)27(26(34)7-15)17-8-23(31)20(12-35)24(32)9-17/h6-11,16,28H,2-3,13-14H2,1H3. The molecule has 0 unspecified atom stereocenters. The Hall–Kier alpha value is -3.79. The first kappa shape index (κ1) is 26.3. The second-order valence-electron chi connectivity index (χ2n) is 8.50. The third-order valence-corrected chi connectivity index (χ3v) is 5.82. The number of hydrogen-bond acceptors (Lipinski definition) is 3. The van der Waals surface area contributed by atoms with Crippen LogP contribution in [-0.4, -0.2) is 13.2 Å². The molecule has 3 aromatic rings. The van der Waals surface area contributed by atoms with Crippen LogP contribution in [0.15, 0.2) is 36.4 Å². The van der Waals surface area contributed by atoms with E-state index < -0.39 is 63.4 Å². The van der Waals surface area contributed by atoms with E-state index >= 15 is 0 Å². The lowest BCUT2D eigenvalue weighted by molar-refractivity contribution is -0.206. The van der Waals surface area contributed by atoms with Crippen LogP contribution in [-0.2, 0) is 9.47 Å². The molecule has 0 N–H and O–H groups in total. The van der Waals surface area contributed by atoms with Gasteiger partial charge < -0.3 is 9.47 Å². The van der Waals surface area contributed by atoms with Crippen LogP contribution < -0.4 is 0 Å². The molecule has 3 aromatic carbocycles. The molecular weight excluding hydrogens is 496 g/mol. The summed E-state index contributed by atoms with van der Waals surface area (Å²) in [6, 6.07) is 6.15. The van der Waals surface area contributed by atoms with Gasteiger partial charge in [-0.15, -0.1) is 0 Å². The summed E-state index contributed by atoms with van der Waals surface area (Å²) in [5.41, 5.74) is -2.85. The van der Waals surface area contributed by atoms with Gasteiger partial charge >= 0.3 is 0 Å². The molecule has 3 nitrogen and oxygen atoms in total. The average Bonchev–Trinajstić information content (AvgIpc) is 2.83. The fraction of sp³-hybridized carbons (Fsp3) is 0.250. The van der Waals surface area contributed by atoms with Crippen LogP contribution in [0.5, 0.6) is 0 Å².